The second-order valence-corrected chi connectivity index (χ2v) is 8.06. The van der Waals surface area contributed by atoms with Crippen LogP contribution in [-0.2, 0) is 12.7 Å². The van der Waals surface area contributed by atoms with E-state index in [-0.39, 0.29) is 11.6 Å². The number of carbonyl (C=O) groups is 1. The fourth-order valence-corrected chi connectivity index (χ4v) is 4.16. The number of nitrogens with zero attached hydrogens (tertiary/aromatic N) is 5. The Bertz CT molecular complexity index is 1020. The summed E-state index contributed by atoms with van der Waals surface area (Å²) < 4.78 is 41.6. The Morgan fingerprint density at radius 1 is 1.17 bits per heavy atom. The molecule has 1 aliphatic rings. The Morgan fingerprint density at radius 2 is 1.93 bits per heavy atom. The lowest BCUT2D eigenvalue weighted by Gasteiger charge is -2.34. The van der Waals surface area contributed by atoms with E-state index in [9.17, 15) is 18.0 Å². The third-order valence-corrected chi connectivity index (χ3v) is 5.83. The average Bonchev–Trinajstić information content (AvgIpc) is 3.39. The zero-order chi connectivity index (χ0) is 21.3. The van der Waals surface area contributed by atoms with Crippen molar-refractivity contribution >= 4 is 17.4 Å². The molecule has 1 aliphatic heterocycles. The molecule has 0 atom stereocenters. The van der Waals surface area contributed by atoms with E-state index in [0.29, 0.717) is 37.7 Å². The Hall–Kier alpha value is -2.72. The standard InChI is InChI=1S/C20H20F3N5OS/c1-14-4-6-28(25-14)19(29)27-9-7-26(8-10-27)13-15-2-3-17(20(21,22)23)16(12-15)18-24-5-11-30-18/h2-6,11-12H,7-10,13H2,1H3. The number of benzene rings is 1. The summed E-state index contributed by atoms with van der Waals surface area (Å²) in [5.41, 5.74) is 1.000. The minimum Gasteiger partial charge on any atom is -0.320 e. The summed E-state index contributed by atoms with van der Waals surface area (Å²) in [5.74, 6) is 0. The van der Waals surface area contributed by atoms with Crippen LogP contribution in [0.1, 0.15) is 16.8 Å². The number of hydrogen-bond acceptors (Lipinski definition) is 5. The molecule has 0 spiro atoms. The Labute approximate surface area is 175 Å². The first-order valence-electron chi connectivity index (χ1n) is 9.45. The Balaban J connectivity index is 1.44. The van der Waals surface area contributed by atoms with Crippen LogP contribution in [0.5, 0.6) is 0 Å². The van der Waals surface area contributed by atoms with Gasteiger partial charge in [-0.15, -0.1) is 11.3 Å². The van der Waals surface area contributed by atoms with Crippen LogP contribution < -0.4 is 0 Å². The predicted molar refractivity (Wildman–Crippen MR) is 107 cm³/mol. The zero-order valence-corrected chi connectivity index (χ0v) is 17.1. The Morgan fingerprint density at radius 3 is 2.53 bits per heavy atom. The molecule has 2 aromatic heterocycles. The molecule has 3 aromatic rings. The van der Waals surface area contributed by atoms with Crippen molar-refractivity contribution in [2.24, 2.45) is 0 Å². The van der Waals surface area contributed by atoms with Crippen LogP contribution in [0, 0.1) is 6.92 Å². The molecule has 0 N–H and O–H groups in total. The lowest BCUT2D eigenvalue weighted by molar-refractivity contribution is -0.137. The summed E-state index contributed by atoms with van der Waals surface area (Å²) in [7, 11) is 0. The number of rotatable bonds is 3. The number of alkyl halides is 3. The van der Waals surface area contributed by atoms with Crippen LogP contribution in [0.2, 0.25) is 0 Å². The third kappa shape index (κ3) is 4.39. The quantitative estimate of drug-likeness (QED) is 0.621. The zero-order valence-electron chi connectivity index (χ0n) is 16.3. The lowest BCUT2D eigenvalue weighted by atomic mass is 10.0. The molecule has 4 rings (SSSR count). The highest BCUT2D eigenvalue weighted by molar-refractivity contribution is 7.13. The van der Waals surface area contributed by atoms with E-state index in [0.717, 1.165) is 17.3 Å². The molecule has 1 aromatic carbocycles. The first-order chi connectivity index (χ1) is 14.3. The molecule has 10 heteroatoms. The maximum Gasteiger partial charge on any atom is 0.417 e. The van der Waals surface area contributed by atoms with Gasteiger partial charge in [-0.25, -0.2) is 9.78 Å². The molecule has 0 bridgehead atoms. The second kappa shape index (κ2) is 8.19. The molecular formula is C20H20F3N5OS. The van der Waals surface area contributed by atoms with Crippen molar-refractivity contribution in [3.05, 3.63) is 58.9 Å². The summed E-state index contributed by atoms with van der Waals surface area (Å²) in [4.78, 5) is 20.4. The number of aromatic nitrogens is 3. The van der Waals surface area contributed by atoms with Crippen molar-refractivity contribution in [1.82, 2.24) is 24.6 Å². The summed E-state index contributed by atoms with van der Waals surface area (Å²) in [5, 5.41) is 6.17. The molecule has 0 radical (unpaired) electrons. The van der Waals surface area contributed by atoms with Crippen LogP contribution in [0.4, 0.5) is 18.0 Å². The van der Waals surface area contributed by atoms with Gasteiger partial charge in [-0.1, -0.05) is 6.07 Å². The van der Waals surface area contributed by atoms with Gasteiger partial charge in [0.05, 0.1) is 11.3 Å². The highest BCUT2D eigenvalue weighted by atomic mass is 32.1. The molecule has 6 nitrogen and oxygen atoms in total. The van der Waals surface area contributed by atoms with E-state index < -0.39 is 11.7 Å². The number of halogens is 3. The second-order valence-electron chi connectivity index (χ2n) is 7.16. The summed E-state index contributed by atoms with van der Waals surface area (Å²) in [6.45, 7) is 4.69. The first-order valence-corrected chi connectivity index (χ1v) is 10.3. The van der Waals surface area contributed by atoms with Crippen molar-refractivity contribution in [3.8, 4) is 10.6 Å². The normalized spacial score (nSPS) is 15.5. The van der Waals surface area contributed by atoms with Gasteiger partial charge in [-0.3, -0.25) is 4.90 Å². The van der Waals surface area contributed by atoms with Gasteiger partial charge in [0.2, 0.25) is 0 Å². The van der Waals surface area contributed by atoms with E-state index in [1.807, 2.05) is 6.92 Å². The number of thiazole rings is 1. The van der Waals surface area contributed by atoms with Crippen molar-refractivity contribution < 1.29 is 18.0 Å². The summed E-state index contributed by atoms with van der Waals surface area (Å²) >= 11 is 1.19. The average molecular weight is 435 g/mol. The predicted octanol–water partition coefficient (Wildman–Crippen LogP) is 4.12. The fourth-order valence-electron chi connectivity index (χ4n) is 3.49. The number of carbonyl (C=O) groups excluding carboxylic acids is 1. The highest BCUT2D eigenvalue weighted by Gasteiger charge is 2.34. The fraction of sp³-hybridized carbons (Fsp3) is 0.350. The van der Waals surface area contributed by atoms with Gasteiger partial charge >= 0.3 is 12.2 Å². The SMILES string of the molecule is Cc1ccn(C(=O)N2CCN(Cc3ccc(C(F)(F)F)c(-c4nccs4)c3)CC2)n1. The maximum atomic E-state index is 13.4. The molecule has 3 heterocycles. The largest absolute Gasteiger partial charge is 0.417 e. The van der Waals surface area contributed by atoms with Crippen LogP contribution in [0.25, 0.3) is 10.6 Å². The van der Waals surface area contributed by atoms with Gasteiger partial charge < -0.3 is 4.90 Å². The topological polar surface area (TPSA) is 54.3 Å². The number of hydrogen-bond donors (Lipinski definition) is 0. The minimum atomic E-state index is -4.43. The molecule has 0 saturated carbocycles. The van der Waals surface area contributed by atoms with Gasteiger partial charge in [-0.05, 0) is 30.7 Å². The van der Waals surface area contributed by atoms with E-state index in [4.69, 9.17) is 0 Å². The van der Waals surface area contributed by atoms with Gasteiger partial charge in [0.25, 0.3) is 0 Å². The van der Waals surface area contributed by atoms with E-state index >= 15 is 0 Å². The van der Waals surface area contributed by atoms with Crippen molar-refractivity contribution in [2.75, 3.05) is 26.2 Å². The van der Waals surface area contributed by atoms with Gasteiger partial charge in [0, 0.05) is 56.1 Å². The van der Waals surface area contributed by atoms with Crippen LogP contribution in [0.15, 0.2) is 42.0 Å². The monoisotopic (exact) mass is 435 g/mol. The molecule has 30 heavy (non-hydrogen) atoms. The molecule has 0 aliphatic carbocycles. The number of aryl methyl sites for hydroxylation is 1. The number of piperazine rings is 1. The summed E-state index contributed by atoms with van der Waals surface area (Å²) in [6.07, 6.45) is -1.28. The Kier molecular flexibility index (Phi) is 5.61. The van der Waals surface area contributed by atoms with Crippen LogP contribution >= 0.6 is 11.3 Å². The van der Waals surface area contributed by atoms with E-state index in [1.165, 1.54) is 28.3 Å². The first kappa shape index (κ1) is 20.5. The van der Waals surface area contributed by atoms with Crippen molar-refractivity contribution in [2.45, 2.75) is 19.6 Å². The third-order valence-electron chi connectivity index (χ3n) is 5.02. The molecule has 1 saturated heterocycles. The van der Waals surface area contributed by atoms with Gasteiger partial charge in [0.1, 0.15) is 5.01 Å². The molecular weight excluding hydrogens is 415 g/mol. The lowest BCUT2D eigenvalue weighted by Crippen LogP contribution is -2.49. The minimum absolute atomic E-state index is 0.109. The smallest absolute Gasteiger partial charge is 0.320 e. The molecule has 1 fully saturated rings. The number of amides is 1. The molecule has 0 unspecified atom stereocenters. The molecule has 1 amide bonds. The van der Waals surface area contributed by atoms with Gasteiger partial charge in [-0.2, -0.15) is 23.0 Å². The molecule has 158 valence electrons. The van der Waals surface area contributed by atoms with Crippen LogP contribution in [0.3, 0.4) is 0 Å². The van der Waals surface area contributed by atoms with Crippen molar-refractivity contribution in [3.63, 3.8) is 0 Å². The van der Waals surface area contributed by atoms with E-state index in [1.54, 1.807) is 28.6 Å². The maximum absolute atomic E-state index is 13.4. The van der Waals surface area contributed by atoms with Crippen LogP contribution in [-0.4, -0.2) is 56.8 Å². The van der Waals surface area contributed by atoms with Gasteiger partial charge in [0.15, 0.2) is 0 Å². The van der Waals surface area contributed by atoms with E-state index in [2.05, 4.69) is 15.0 Å². The summed E-state index contributed by atoms with van der Waals surface area (Å²) in [6, 6.07) is 5.84. The highest BCUT2D eigenvalue weighted by Crippen LogP contribution is 2.38. The van der Waals surface area contributed by atoms with Crippen molar-refractivity contribution in [1.29, 1.82) is 0 Å².